The standard InChI is InChI=1S/C14H22N4O/c15-7-11-3-1-6-18(11)12(19)8-17-14-5-2-4-13(16,9-14)10-14/h11,17H,1-6,8-10,16H2/t11-,13?,14?/m0/s1. The molecule has 3 aliphatic carbocycles. The molecule has 0 aromatic rings. The maximum atomic E-state index is 12.2. The van der Waals surface area contributed by atoms with Crippen molar-refractivity contribution in [2.75, 3.05) is 13.1 Å². The molecule has 0 aromatic heterocycles. The number of nitriles is 1. The van der Waals surface area contributed by atoms with Gasteiger partial charge in [0.25, 0.3) is 0 Å². The van der Waals surface area contributed by atoms with Crippen molar-refractivity contribution in [3.05, 3.63) is 0 Å². The molecule has 0 aromatic carbocycles. The number of carbonyl (C=O) groups excluding carboxylic acids is 1. The Morgan fingerprint density at radius 2 is 2.21 bits per heavy atom. The van der Waals surface area contributed by atoms with E-state index < -0.39 is 0 Å². The molecule has 104 valence electrons. The lowest BCUT2D eigenvalue weighted by Gasteiger charge is -2.59. The lowest BCUT2D eigenvalue weighted by molar-refractivity contribution is -0.131. The van der Waals surface area contributed by atoms with E-state index in [9.17, 15) is 4.79 Å². The summed E-state index contributed by atoms with van der Waals surface area (Å²) in [7, 11) is 0. The van der Waals surface area contributed by atoms with Crippen LogP contribution in [0.25, 0.3) is 0 Å². The molecule has 0 unspecified atom stereocenters. The molecule has 4 aliphatic rings. The molecule has 1 atom stereocenters. The molecule has 4 fully saturated rings. The zero-order valence-electron chi connectivity index (χ0n) is 11.3. The fourth-order valence-corrected chi connectivity index (χ4v) is 4.21. The normalized spacial score (nSPS) is 40.6. The molecular formula is C14H22N4O. The minimum absolute atomic E-state index is 0.0249. The molecule has 19 heavy (non-hydrogen) atoms. The molecule has 1 saturated heterocycles. The zero-order valence-corrected chi connectivity index (χ0v) is 11.3. The van der Waals surface area contributed by atoms with Gasteiger partial charge in [-0.05, 0) is 44.9 Å². The predicted octanol–water partition coefficient (Wildman–Crippen LogP) is 0.505. The second-order valence-electron chi connectivity index (χ2n) is 6.58. The highest BCUT2D eigenvalue weighted by atomic mass is 16.2. The van der Waals surface area contributed by atoms with Crippen molar-refractivity contribution in [3.8, 4) is 6.07 Å². The van der Waals surface area contributed by atoms with E-state index >= 15 is 0 Å². The van der Waals surface area contributed by atoms with E-state index in [1.165, 1.54) is 0 Å². The second-order valence-corrected chi connectivity index (χ2v) is 6.58. The first kappa shape index (κ1) is 12.9. The number of rotatable bonds is 3. The highest BCUT2D eigenvalue weighted by Gasteiger charge is 2.54. The fraction of sp³-hybridized carbons (Fsp3) is 0.857. The van der Waals surface area contributed by atoms with Gasteiger partial charge in [-0.2, -0.15) is 5.26 Å². The van der Waals surface area contributed by atoms with Gasteiger partial charge in [0, 0.05) is 17.6 Å². The second kappa shape index (κ2) is 4.46. The Balaban J connectivity index is 1.53. The predicted molar refractivity (Wildman–Crippen MR) is 71.1 cm³/mol. The van der Waals surface area contributed by atoms with E-state index in [4.69, 9.17) is 11.0 Å². The topological polar surface area (TPSA) is 82.2 Å². The number of likely N-dealkylation sites (tertiary alicyclic amines) is 1. The molecule has 5 heteroatoms. The van der Waals surface area contributed by atoms with Crippen LogP contribution in [0.5, 0.6) is 0 Å². The van der Waals surface area contributed by atoms with Crippen molar-refractivity contribution in [2.24, 2.45) is 5.73 Å². The van der Waals surface area contributed by atoms with E-state index in [-0.39, 0.29) is 23.0 Å². The van der Waals surface area contributed by atoms with Crippen LogP contribution >= 0.6 is 0 Å². The Labute approximate surface area is 114 Å². The fourth-order valence-electron chi connectivity index (χ4n) is 4.21. The largest absolute Gasteiger partial charge is 0.326 e. The van der Waals surface area contributed by atoms with Crippen LogP contribution in [-0.2, 0) is 4.79 Å². The van der Waals surface area contributed by atoms with Gasteiger partial charge >= 0.3 is 0 Å². The van der Waals surface area contributed by atoms with E-state index in [0.29, 0.717) is 6.54 Å². The molecule has 2 bridgehead atoms. The summed E-state index contributed by atoms with van der Waals surface area (Å²) in [6.45, 7) is 1.08. The van der Waals surface area contributed by atoms with Gasteiger partial charge in [0.15, 0.2) is 0 Å². The van der Waals surface area contributed by atoms with Gasteiger partial charge in [0.1, 0.15) is 6.04 Å². The van der Waals surface area contributed by atoms with Gasteiger partial charge in [-0.15, -0.1) is 0 Å². The number of nitrogens with one attached hydrogen (secondary N) is 1. The Hall–Kier alpha value is -1.12. The molecule has 1 heterocycles. The monoisotopic (exact) mass is 262 g/mol. The van der Waals surface area contributed by atoms with E-state index in [1.54, 1.807) is 4.90 Å². The first-order chi connectivity index (χ1) is 9.06. The van der Waals surface area contributed by atoms with Gasteiger partial charge in [0.2, 0.25) is 5.91 Å². The maximum absolute atomic E-state index is 12.2. The van der Waals surface area contributed by atoms with Crippen LogP contribution in [-0.4, -0.2) is 41.0 Å². The van der Waals surface area contributed by atoms with Gasteiger partial charge in [0.05, 0.1) is 12.6 Å². The molecule has 3 saturated carbocycles. The van der Waals surface area contributed by atoms with Gasteiger partial charge in [-0.1, -0.05) is 0 Å². The molecule has 5 nitrogen and oxygen atoms in total. The number of fused-ring (bicyclic) bond motifs is 2. The van der Waals surface area contributed by atoms with Crippen molar-refractivity contribution in [1.82, 2.24) is 10.2 Å². The van der Waals surface area contributed by atoms with Crippen LogP contribution in [0.4, 0.5) is 0 Å². The lowest BCUT2D eigenvalue weighted by atomic mass is 9.55. The third kappa shape index (κ3) is 2.24. The average Bonchev–Trinajstić information content (AvgIpc) is 2.83. The summed E-state index contributed by atoms with van der Waals surface area (Å²) < 4.78 is 0. The van der Waals surface area contributed by atoms with Crippen LogP contribution in [0, 0.1) is 11.3 Å². The molecular weight excluding hydrogens is 240 g/mol. The Morgan fingerprint density at radius 1 is 1.42 bits per heavy atom. The summed E-state index contributed by atoms with van der Waals surface area (Å²) in [5.41, 5.74) is 6.35. The third-order valence-electron chi connectivity index (χ3n) is 5.05. The van der Waals surface area contributed by atoms with E-state index in [1.807, 2.05) is 0 Å². The highest BCUT2D eigenvalue weighted by molar-refractivity contribution is 5.79. The Morgan fingerprint density at radius 3 is 2.89 bits per heavy atom. The summed E-state index contributed by atoms with van der Waals surface area (Å²) in [5, 5.41) is 12.4. The van der Waals surface area contributed by atoms with Crippen molar-refractivity contribution in [2.45, 2.75) is 62.1 Å². The number of hydrogen-bond acceptors (Lipinski definition) is 4. The quantitative estimate of drug-likeness (QED) is 0.776. The molecule has 1 amide bonds. The van der Waals surface area contributed by atoms with Crippen LogP contribution in [0.2, 0.25) is 0 Å². The number of hydrogen-bond donors (Lipinski definition) is 2. The average molecular weight is 262 g/mol. The maximum Gasteiger partial charge on any atom is 0.237 e. The van der Waals surface area contributed by atoms with Crippen molar-refractivity contribution in [3.63, 3.8) is 0 Å². The number of carbonyl (C=O) groups is 1. The molecule has 0 radical (unpaired) electrons. The summed E-state index contributed by atoms with van der Waals surface area (Å²) in [6, 6.07) is 2.00. The Bertz CT molecular complexity index is 422. The van der Waals surface area contributed by atoms with Crippen LogP contribution < -0.4 is 11.1 Å². The number of nitrogens with two attached hydrogens (primary N) is 1. The summed E-state index contributed by atoms with van der Waals surface area (Å²) in [5.74, 6) is 0.0681. The van der Waals surface area contributed by atoms with E-state index in [0.717, 1.165) is 51.5 Å². The summed E-state index contributed by atoms with van der Waals surface area (Å²) in [4.78, 5) is 13.9. The Kier molecular flexibility index (Phi) is 3.03. The summed E-state index contributed by atoms with van der Waals surface area (Å²) in [6.07, 6.45) is 7.15. The molecule has 1 aliphatic heterocycles. The van der Waals surface area contributed by atoms with Crippen LogP contribution in [0.15, 0.2) is 0 Å². The number of nitrogens with zero attached hydrogens (tertiary/aromatic N) is 2. The smallest absolute Gasteiger partial charge is 0.237 e. The molecule has 3 N–H and O–H groups in total. The zero-order chi connectivity index (χ0) is 13.5. The van der Waals surface area contributed by atoms with Gasteiger partial charge in [-0.25, -0.2) is 0 Å². The van der Waals surface area contributed by atoms with Crippen LogP contribution in [0.3, 0.4) is 0 Å². The molecule has 0 spiro atoms. The van der Waals surface area contributed by atoms with Gasteiger partial charge in [-0.3, -0.25) is 4.79 Å². The highest BCUT2D eigenvalue weighted by Crippen LogP contribution is 2.50. The van der Waals surface area contributed by atoms with Gasteiger partial charge < -0.3 is 16.0 Å². The number of amides is 1. The first-order valence-corrected chi connectivity index (χ1v) is 7.29. The summed E-state index contributed by atoms with van der Waals surface area (Å²) >= 11 is 0. The minimum atomic E-state index is -0.215. The van der Waals surface area contributed by atoms with E-state index in [2.05, 4.69) is 11.4 Å². The lowest BCUT2D eigenvalue weighted by Crippen LogP contribution is -2.71. The molecule has 4 rings (SSSR count). The third-order valence-corrected chi connectivity index (χ3v) is 5.05. The SMILES string of the molecule is N#C[C@@H]1CCCN1C(=O)CNC12CCCC(N)(C1)C2. The van der Waals surface area contributed by atoms with Crippen LogP contribution in [0.1, 0.15) is 44.9 Å². The minimum Gasteiger partial charge on any atom is -0.326 e. The van der Waals surface area contributed by atoms with Crippen molar-refractivity contribution >= 4 is 5.91 Å². The van der Waals surface area contributed by atoms with Crippen molar-refractivity contribution in [1.29, 1.82) is 5.26 Å². The van der Waals surface area contributed by atoms with Crippen molar-refractivity contribution < 1.29 is 4.79 Å². The first-order valence-electron chi connectivity index (χ1n) is 7.29.